The fourth-order valence-corrected chi connectivity index (χ4v) is 2.36. The molecule has 0 aliphatic heterocycles. The molecule has 0 fully saturated rings. The van der Waals surface area contributed by atoms with Gasteiger partial charge < -0.3 is 20.3 Å². The molecule has 0 spiro atoms. The van der Waals surface area contributed by atoms with Crippen molar-refractivity contribution < 1.29 is 19.7 Å². The molecule has 2 aromatic rings. The molecule has 2 aromatic carbocycles. The molecule has 0 saturated carbocycles. The quantitative estimate of drug-likeness (QED) is 0.758. The predicted octanol–water partition coefficient (Wildman–Crippen LogP) is 3.44. The molecule has 1 amide bonds. The molecule has 0 unspecified atom stereocenters. The number of hydrogen-bond acceptors (Lipinski definition) is 4. The largest absolute Gasteiger partial charge is 0.508 e. The summed E-state index contributed by atoms with van der Waals surface area (Å²) in [5, 5.41) is 21.7. The predicted molar refractivity (Wildman–Crippen MR) is 87.4 cm³/mol. The van der Waals surface area contributed by atoms with Crippen molar-refractivity contribution in [2.45, 2.75) is 12.8 Å². The lowest BCUT2D eigenvalue weighted by Gasteiger charge is -2.10. The van der Waals surface area contributed by atoms with Gasteiger partial charge in [-0.15, -0.1) is 0 Å². The van der Waals surface area contributed by atoms with Crippen LogP contribution < -0.4 is 10.1 Å². The van der Waals surface area contributed by atoms with E-state index in [0.717, 1.165) is 5.56 Å². The van der Waals surface area contributed by atoms with Crippen LogP contribution in [-0.2, 0) is 11.2 Å². The fraction of sp³-hybridized carbons (Fsp3) is 0.188. The van der Waals surface area contributed by atoms with Crippen molar-refractivity contribution in [3.05, 3.63) is 46.4 Å². The Hall–Kier alpha value is -2.21. The summed E-state index contributed by atoms with van der Waals surface area (Å²) in [5.41, 5.74) is 1.44. The smallest absolute Gasteiger partial charge is 0.224 e. The van der Waals surface area contributed by atoms with Crippen LogP contribution in [0.1, 0.15) is 12.0 Å². The van der Waals surface area contributed by atoms with Crippen molar-refractivity contribution in [1.82, 2.24) is 0 Å². The lowest BCUT2D eigenvalue weighted by Crippen LogP contribution is -2.12. The molecule has 6 heteroatoms. The number of ether oxygens (including phenoxy) is 1. The van der Waals surface area contributed by atoms with E-state index in [1.54, 1.807) is 30.3 Å². The Labute approximate surface area is 136 Å². The number of aryl methyl sites for hydroxylation is 1. The van der Waals surface area contributed by atoms with Crippen molar-refractivity contribution in [3.8, 4) is 17.2 Å². The minimum atomic E-state index is -0.168. The SMILES string of the molecule is COc1cc(Br)c(NC(=O)CCc2ccc(O)cc2)cc1O. The average molecular weight is 366 g/mol. The molecule has 0 heterocycles. The van der Waals surface area contributed by atoms with Crippen molar-refractivity contribution in [3.63, 3.8) is 0 Å². The highest BCUT2D eigenvalue weighted by Crippen LogP contribution is 2.35. The molecule has 0 aliphatic carbocycles. The summed E-state index contributed by atoms with van der Waals surface area (Å²) in [7, 11) is 1.46. The van der Waals surface area contributed by atoms with Crippen LogP contribution in [0.4, 0.5) is 5.69 Å². The van der Waals surface area contributed by atoms with Crippen LogP contribution >= 0.6 is 15.9 Å². The van der Waals surface area contributed by atoms with E-state index in [4.69, 9.17) is 4.74 Å². The van der Waals surface area contributed by atoms with Gasteiger partial charge in [-0.2, -0.15) is 0 Å². The molecule has 22 heavy (non-hydrogen) atoms. The molecule has 116 valence electrons. The van der Waals surface area contributed by atoms with Gasteiger partial charge in [-0.25, -0.2) is 0 Å². The molecule has 0 saturated heterocycles. The highest BCUT2D eigenvalue weighted by Gasteiger charge is 2.11. The first-order chi connectivity index (χ1) is 10.5. The van der Waals surface area contributed by atoms with Gasteiger partial charge in [-0.05, 0) is 40.0 Å². The molecule has 0 atom stereocenters. The second-order valence-corrected chi connectivity index (χ2v) is 5.57. The highest BCUT2D eigenvalue weighted by molar-refractivity contribution is 9.10. The maximum atomic E-state index is 12.0. The normalized spacial score (nSPS) is 10.3. The topological polar surface area (TPSA) is 78.8 Å². The lowest BCUT2D eigenvalue weighted by atomic mass is 10.1. The number of nitrogens with one attached hydrogen (secondary N) is 1. The van der Waals surface area contributed by atoms with E-state index in [2.05, 4.69) is 21.2 Å². The van der Waals surface area contributed by atoms with E-state index in [-0.39, 0.29) is 17.4 Å². The molecule has 0 aliphatic rings. The Morgan fingerprint density at radius 3 is 2.55 bits per heavy atom. The number of hydrogen-bond donors (Lipinski definition) is 3. The Balaban J connectivity index is 1.97. The van der Waals surface area contributed by atoms with Gasteiger partial charge in [-0.1, -0.05) is 12.1 Å². The van der Waals surface area contributed by atoms with Gasteiger partial charge >= 0.3 is 0 Å². The van der Waals surface area contributed by atoms with Crippen molar-refractivity contribution >= 4 is 27.5 Å². The molecular weight excluding hydrogens is 350 g/mol. The van der Waals surface area contributed by atoms with Crippen molar-refractivity contribution in [1.29, 1.82) is 0 Å². The summed E-state index contributed by atoms with van der Waals surface area (Å²) in [6, 6.07) is 9.75. The summed E-state index contributed by atoms with van der Waals surface area (Å²) in [6.45, 7) is 0. The van der Waals surface area contributed by atoms with Crippen LogP contribution in [0.3, 0.4) is 0 Å². The van der Waals surface area contributed by atoms with Crippen LogP contribution in [0.25, 0.3) is 0 Å². The molecule has 3 N–H and O–H groups in total. The first-order valence-electron chi connectivity index (χ1n) is 6.64. The van der Waals surface area contributed by atoms with Gasteiger partial charge in [0.15, 0.2) is 11.5 Å². The number of carbonyl (C=O) groups is 1. The Kier molecular flexibility index (Phi) is 5.27. The second kappa shape index (κ2) is 7.17. The van der Waals surface area contributed by atoms with Crippen LogP contribution in [0.2, 0.25) is 0 Å². The first kappa shape index (κ1) is 16.2. The van der Waals surface area contributed by atoms with Crippen molar-refractivity contribution in [2.75, 3.05) is 12.4 Å². The zero-order chi connectivity index (χ0) is 16.1. The summed E-state index contributed by atoms with van der Waals surface area (Å²) in [4.78, 5) is 12.0. The number of rotatable bonds is 5. The second-order valence-electron chi connectivity index (χ2n) is 4.72. The summed E-state index contributed by atoms with van der Waals surface area (Å²) in [6.07, 6.45) is 0.857. The summed E-state index contributed by atoms with van der Waals surface area (Å²) < 4.78 is 5.61. The number of halogens is 1. The minimum Gasteiger partial charge on any atom is -0.508 e. The molecule has 0 bridgehead atoms. The minimum absolute atomic E-state index is 0.0421. The van der Waals surface area contributed by atoms with Gasteiger partial charge in [0.1, 0.15) is 5.75 Å². The summed E-state index contributed by atoms with van der Waals surface area (Å²) >= 11 is 3.32. The molecule has 0 aromatic heterocycles. The third kappa shape index (κ3) is 4.14. The third-order valence-corrected chi connectivity index (χ3v) is 3.78. The average Bonchev–Trinajstić information content (AvgIpc) is 2.50. The molecule has 5 nitrogen and oxygen atoms in total. The van der Waals surface area contributed by atoms with Gasteiger partial charge in [0.25, 0.3) is 0 Å². The number of aromatic hydroxyl groups is 2. The molecule has 2 rings (SSSR count). The Morgan fingerprint density at radius 1 is 1.23 bits per heavy atom. The number of benzene rings is 2. The van der Waals surface area contributed by atoms with Gasteiger partial charge in [-0.3, -0.25) is 4.79 Å². The fourth-order valence-electron chi connectivity index (χ4n) is 1.94. The number of carbonyl (C=O) groups excluding carboxylic acids is 1. The highest BCUT2D eigenvalue weighted by atomic mass is 79.9. The van der Waals surface area contributed by atoms with E-state index in [1.165, 1.54) is 13.2 Å². The van der Waals surface area contributed by atoms with Crippen LogP contribution in [0.15, 0.2) is 40.9 Å². The third-order valence-electron chi connectivity index (χ3n) is 3.12. The van der Waals surface area contributed by atoms with Crippen molar-refractivity contribution in [2.24, 2.45) is 0 Å². The van der Waals surface area contributed by atoms with E-state index in [0.29, 0.717) is 28.8 Å². The zero-order valence-electron chi connectivity index (χ0n) is 12.0. The molecular formula is C16H16BrNO4. The maximum Gasteiger partial charge on any atom is 0.224 e. The number of anilines is 1. The van der Waals surface area contributed by atoms with Gasteiger partial charge in [0.05, 0.1) is 12.8 Å². The van der Waals surface area contributed by atoms with Gasteiger partial charge in [0.2, 0.25) is 5.91 Å². The number of amides is 1. The summed E-state index contributed by atoms with van der Waals surface area (Å²) in [5.74, 6) is 0.317. The molecule has 0 radical (unpaired) electrons. The lowest BCUT2D eigenvalue weighted by molar-refractivity contribution is -0.116. The Morgan fingerprint density at radius 2 is 1.91 bits per heavy atom. The number of methoxy groups -OCH3 is 1. The van der Waals surface area contributed by atoms with Crippen LogP contribution in [0.5, 0.6) is 17.2 Å². The number of phenols is 2. The van der Waals surface area contributed by atoms with Crippen LogP contribution in [0, 0.1) is 0 Å². The van der Waals surface area contributed by atoms with E-state index < -0.39 is 0 Å². The Bertz CT molecular complexity index is 671. The monoisotopic (exact) mass is 365 g/mol. The number of phenolic OH excluding ortho intramolecular Hbond substituents is 2. The standard InChI is InChI=1S/C16H16BrNO4/c1-22-15-8-12(17)13(9-14(15)20)18-16(21)7-4-10-2-5-11(19)6-3-10/h2-3,5-6,8-9,19-20H,4,7H2,1H3,(H,18,21). The first-order valence-corrected chi connectivity index (χ1v) is 7.43. The van der Waals surface area contributed by atoms with E-state index in [1.807, 2.05) is 0 Å². The zero-order valence-corrected chi connectivity index (χ0v) is 13.6. The van der Waals surface area contributed by atoms with Gasteiger partial charge in [0, 0.05) is 23.0 Å². The maximum absolute atomic E-state index is 12.0. The van der Waals surface area contributed by atoms with Crippen LogP contribution in [-0.4, -0.2) is 23.2 Å². The van der Waals surface area contributed by atoms with E-state index >= 15 is 0 Å². The van der Waals surface area contributed by atoms with E-state index in [9.17, 15) is 15.0 Å².